The van der Waals surface area contributed by atoms with Crippen LogP contribution in [0, 0.1) is 0 Å². The number of rotatable bonds is 4. The number of hydrogen-bond donors (Lipinski definition) is 1. The molecule has 0 aliphatic carbocycles. The van der Waals surface area contributed by atoms with Gasteiger partial charge in [-0.25, -0.2) is 0 Å². The topological polar surface area (TPSA) is 46.9 Å². The van der Waals surface area contributed by atoms with E-state index in [1.165, 1.54) is 0 Å². The molecule has 1 heterocycles. The van der Waals surface area contributed by atoms with E-state index in [0.717, 1.165) is 12.4 Å². The first-order valence-electron chi connectivity index (χ1n) is 4.50. The minimum absolute atomic E-state index is 0.124. The van der Waals surface area contributed by atoms with Crippen LogP contribution in [-0.4, -0.2) is 22.1 Å². The van der Waals surface area contributed by atoms with Crippen LogP contribution in [0.1, 0.15) is 30.8 Å². The van der Waals surface area contributed by atoms with Crippen molar-refractivity contribution >= 4 is 11.6 Å². The van der Waals surface area contributed by atoms with Crippen molar-refractivity contribution in [3.63, 3.8) is 0 Å². The third kappa shape index (κ3) is 2.08. The monoisotopic (exact) mass is 181 g/mol. The van der Waals surface area contributed by atoms with Gasteiger partial charge in [-0.1, -0.05) is 6.92 Å². The molecule has 0 spiro atoms. The number of nitrogens with one attached hydrogen (secondary N) is 1. The fraction of sp³-hybridized carbons (Fsp3) is 0.556. The average molecular weight is 181 g/mol. The Hall–Kier alpha value is -1.32. The average Bonchev–Trinajstić information content (AvgIpc) is 2.46. The smallest absolute Gasteiger partial charge is 0.180 e. The lowest BCUT2D eigenvalue weighted by Crippen LogP contribution is -2.05. The maximum Gasteiger partial charge on any atom is 0.180 e. The molecule has 0 unspecified atom stereocenters. The Bertz CT molecular complexity index is 304. The molecule has 0 saturated heterocycles. The normalized spacial score (nSPS) is 10.1. The van der Waals surface area contributed by atoms with Gasteiger partial charge in [0.05, 0.1) is 0 Å². The Kier molecular flexibility index (Phi) is 3.06. The maximum atomic E-state index is 11.4. The van der Waals surface area contributed by atoms with E-state index < -0.39 is 0 Å². The van der Waals surface area contributed by atoms with Gasteiger partial charge in [0.2, 0.25) is 0 Å². The summed E-state index contributed by atoms with van der Waals surface area (Å²) in [4.78, 5) is 11.4. The third-order valence-corrected chi connectivity index (χ3v) is 1.84. The number of aromatic nitrogens is 2. The van der Waals surface area contributed by atoms with Gasteiger partial charge in [-0.2, -0.15) is 5.10 Å². The van der Waals surface area contributed by atoms with E-state index in [0.29, 0.717) is 12.1 Å². The molecule has 1 rings (SSSR count). The molecule has 4 nitrogen and oxygen atoms in total. The number of nitrogens with zero attached hydrogens (tertiary/aromatic N) is 2. The lowest BCUT2D eigenvalue weighted by atomic mass is 10.2. The molecule has 1 N–H and O–H groups in total. The number of carbonyl (C=O) groups is 1. The molecule has 0 saturated carbocycles. The van der Waals surface area contributed by atoms with Crippen LogP contribution in [0.5, 0.6) is 0 Å². The van der Waals surface area contributed by atoms with Crippen LogP contribution in [-0.2, 0) is 7.05 Å². The van der Waals surface area contributed by atoms with Crippen LogP contribution in [0.25, 0.3) is 0 Å². The van der Waals surface area contributed by atoms with Crippen molar-refractivity contribution in [3.05, 3.63) is 11.8 Å². The van der Waals surface area contributed by atoms with Gasteiger partial charge in [0, 0.05) is 26.1 Å². The molecule has 13 heavy (non-hydrogen) atoms. The summed E-state index contributed by atoms with van der Waals surface area (Å²) in [6, 6.07) is 1.79. The molecule has 0 amide bonds. The number of carbonyl (C=O) groups excluding carboxylic acids is 1. The molecule has 0 radical (unpaired) electrons. The summed E-state index contributed by atoms with van der Waals surface area (Å²) in [6.07, 6.45) is 0.519. The van der Waals surface area contributed by atoms with Crippen LogP contribution >= 0.6 is 0 Å². The SMILES string of the molecule is CCNc1cc(C(=O)CC)n(C)n1. The van der Waals surface area contributed by atoms with E-state index in [9.17, 15) is 4.79 Å². The molecular weight excluding hydrogens is 166 g/mol. The number of Topliss-reactive ketones (excluding diaryl/α,β-unsaturated/α-hetero) is 1. The number of hydrogen-bond acceptors (Lipinski definition) is 3. The lowest BCUT2D eigenvalue weighted by Gasteiger charge is -1.95. The molecule has 1 aromatic rings. The molecule has 72 valence electrons. The third-order valence-electron chi connectivity index (χ3n) is 1.84. The first-order valence-corrected chi connectivity index (χ1v) is 4.50. The highest BCUT2D eigenvalue weighted by molar-refractivity contribution is 5.94. The predicted octanol–water partition coefficient (Wildman–Crippen LogP) is 1.44. The van der Waals surface area contributed by atoms with E-state index >= 15 is 0 Å². The maximum absolute atomic E-state index is 11.4. The van der Waals surface area contributed by atoms with Gasteiger partial charge in [-0.05, 0) is 6.92 Å². The molecular formula is C9H15N3O. The molecule has 0 aliphatic rings. The minimum atomic E-state index is 0.124. The summed E-state index contributed by atoms with van der Waals surface area (Å²) in [5.74, 6) is 0.890. The van der Waals surface area contributed by atoms with Gasteiger partial charge in [0.25, 0.3) is 0 Å². The van der Waals surface area contributed by atoms with Gasteiger partial charge in [-0.15, -0.1) is 0 Å². The standard InChI is InChI=1S/C9H15N3O/c1-4-8(13)7-6-9(10-5-2)11-12(7)3/h6H,4-5H2,1-3H3,(H,10,11). The summed E-state index contributed by atoms with van der Waals surface area (Å²) in [6.45, 7) is 4.66. The van der Waals surface area contributed by atoms with Crippen molar-refractivity contribution in [2.45, 2.75) is 20.3 Å². The largest absolute Gasteiger partial charge is 0.369 e. The van der Waals surface area contributed by atoms with Crippen LogP contribution < -0.4 is 5.32 Å². The predicted molar refractivity (Wildman–Crippen MR) is 52.0 cm³/mol. The van der Waals surface area contributed by atoms with Crippen LogP contribution in [0.3, 0.4) is 0 Å². The Morgan fingerprint density at radius 2 is 2.31 bits per heavy atom. The van der Waals surface area contributed by atoms with Gasteiger partial charge < -0.3 is 5.32 Å². The molecule has 0 atom stereocenters. The summed E-state index contributed by atoms with van der Waals surface area (Å²) in [5.41, 5.74) is 0.665. The summed E-state index contributed by atoms with van der Waals surface area (Å²) in [5, 5.41) is 7.22. The molecule has 4 heteroatoms. The van der Waals surface area contributed by atoms with E-state index in [1.54, 1.807) is 17.8 Å². The van der Waals surface area contributed by atoms with Crippen molar-refractivity contribution in [2.75, 3.05) is 11.9 Å². The highest BCUT2D eigenvalue weighted by Crippen LogP contribution is 2.09. The first kappa shape index (κ1) is 9.77. The Labute approximate surface area is 77.9 Å². The summed E-state index contributed by atoms with van der Waals surface area (Å²) in [7, 11) is 1.78. The molecule has 0 bridgehead atoms. The lowest BCUT2D eigenvalue weighted by molar-refractivity contribution is 0.0979. The molecule has 0 aliphatic heterocycles. The zero-order chi connectivity index (χ0) is 9.84. The number of ketones is 1. The highest BCUT2D eigenvalue weighted by atomic mass is 16.1. The second kappa shape index (κ2) is 4.07. The number of anilines is 1. The Morgan fingerprint density at radius 1 is 1.62 bits per heavy atom. The summed E-state index contributed by atoms with van der Waals surface area (Å²) < 4.78 is 1.61. The Balaban J connectivity index is 2.89. The zero-order valence-electron chi connectivity index (χ0n) is 8.29. The van der Waals surface area contributed by atoms with Gasteiger partial charge in [-0.3, -0.25) is 9.48 Å². The first-order chi connectivity index (χ1) is 6.19. The second-order valence-electron chi connectivity index (χ2n) is 2.85. The van der Waals surface area contributed by atoms with E-state index in [4.69, 9.17) is 0 Å². The zero-order valence-corrected chi connectivity index (χ0v) is 8.29. The number of aryl methyl sites for hydroxylation is 1. The molecule has 1 aromatic heterocycles. The van der Waals surface area contributed by atoms with Crippen LogP contribution in [0.2, 0.25) is 0 Å². The quantitative estimate of drug-likeness (QED) is 0.715. The van der Waals surface area contributed by atoms with Gasteiger partial charge in [0.15, 0.2) is 5.78 Å². The van der Waals surface area contributed by atoms with E-state index in [1.807, 2.05) is 13.8 Å². The van der Waals surface area contributed by atoms with Gasteiger partial charge >= 0.3 is 0 Å². The van der Waals surface area contributed by atoms with Crippen molar-refractivity contribution < 1.29 is 4.79 Å². The van der Waals surface area contributed by atoms with Crippen molar-refractivity contribution in [1.29, 1.82) is 0 Å². The van der Waals surface area contributed by atoms with E-state index in [-0.39, 0.29) is 5.78 Å². The molecule has 0 aromatic carbocycles. The second-order valence-corrected chi connectivity index (χ2v) is 2.85. The fourth-order valence-corrected chi connectivity index (χ4v) is 1.18. The Morgan fingerprint density at radius 3 is 2.85 bits per heavy atom. The van der Waals surface area contributed by atoms with E-state index in [2.05, 4.69) is 10.4 Å². The summed E-state index contributed by atoms with van der Waals surface area (Å²) >= 11 is 0. The van der Waals surface area contributed by atoms with Crippen molar-refractivity contribution in [2.24, 2.45) is 7.05 Å². The highest BCUT2D eigenvalue weighted by Gasteiger charge is 2.10. The minimum Gasteiger partial charge on any atom is -0.369 e. The van der Waals surface area contributed by atoms with Crippen LogP contribution in [0.15, 0.2) is 6.07 Å². The molecule has 0 fully saturated rings. The van der Waals surface area contributed by atoms with Crippen molar-refractivity contribution in [1.82, 2.24) is 9.78 Å². The van der Waals surface area contributed by atoms with Gasteiger partial charge in [0.1, 0.15) is 11.5 Å². The van der Waals surface area contributed by atoms with Crippen molar-refractivity contribution in [3.8, 4) is 0 Å². The van der Waals surface area contributed by atoms with Crippen LogP contribution in [0.4, 0.5) is 5.82 Å². The fourth-order valence-electron chi connectivity index (χ4n) is 1.18.